The summed E-state index contributed by atoms with van der Waals surface area (Å²) in [5.41, 5.74) is 0.687. The number of anilines is 1. The number of nitro groups is 1. The van der Waals surface area contributed by atoms with Crippen molar-refractivity contribution < 1.29 is 27.6 Å². The Bertz CT molecular complexity index is 838. The summed E-state index contributed by atoms with van der Waals surface area (Å²) in [7, 11) is 0. The van der Waals surface area contributed by atoms with Gasteiger partial charge in [-0.3, -0.25) is 10.1 Å². The number of halogens is 4. The zero-order valence-corrected chi connectivity index (χ0v) is 15.2. The molecular weight excluding hydrogens is 401 g/mol. The van der Waals surface area contributed by atoms with E-state index in [-0.39, 0.29) is 22.6 Å². The Labute approximate surface area is 163 Å². The second-order valence-corrected chi connectivity index (χ2v) is 6.62. The van der Waals surface area contributed by atoms with Crippen LogP contribution < -0.4 is 14.4 Å². The standard InChI is InChI=1S/C18H16ClF3N2O4/c19-16-11-13(24(25)26)3-6-17(16)27-14-7-9-23(10-8-14)12-1-4-15(5-2-12)28-18(20,21)22/h1-6,11,14H,7-10H2. The molecule has 1 heterocycles. The van der Waals surface area contributed by atoms with E-state index in [1.807, 2.05) is 4.90 Å². The summed E-state index contributed by atoms with van der Waals surface area (Å²) in [6, 6.07) is 9.78. The van der Waals surface area contributed by atoms with Gasteiger partial charge in [-0.2, -0.15) is 0 Å². The van der Waals surface area contributed by atoms with Crippen LogP contribution in [0.15, 0.2) is 42.5 Å². The van der Waals surface area contributed by atoms with E-state index >= 15 is 0 Å². The van der Waals surface area contributed by atoms with Crippen molar-refractivity contribution in [1.29, 1.82) is 0 Å². The largest absolute Gasteiger partial charge is 0.573 e. The summed E-state index contributed by atoms with van der Waals surface area (Å²) < 4.78 is 46.4. The number of rotatable bonds is 5. The fourth-order valence-electron chi connectivity index (χ4n) is 2.97. The van der Waals surface area contributed by atoms with Crippen LogP contribution in [0.3, 0.4) is 0 Å². The third-order valence-corrected chi connectivity index (χ3v) is 4.59. The molecule has 1 fully saturated rings. The fraction of sp³-hybridized carbons (Fsp3) is 0.333. The molecule has 10 heteroatoms. The third kappa shape index (κ3) is 5.19. The van der Waals surface area contributed by atoms with Crippen molar-refractivity contribution in [1.82, 2.24) is 0 Å². The highest BCUT2D eigenvalue weighted by atomic mass is 35.5. The van der Waals surface area contributed by atoms with Crippen molar-refractivity contribution in [2.45, 2.75) is 25.3 Å². The van der Waals surface area contributed by atoms with Gasteiger partial charge in [-0.25, -0.2) is 0 Å². The molecule has 1 aliphatic rings. The van der Waals surface area contributed by atoms with Gasteiger partial charge >= 0.3 is 6.36 Å². The van der Waals surface area contributed by atoms with Gasteiger partial charge in [0.2, 0.25) is 0 Å². The molecule has 0 atom stereocenters. The molecule has 1 saturated heterocycles. The number of nitro benzene ring substituents is 1. The molecule has 28 heavy (non-hydrogen) atoms. The van der Waals surface area contributed by atoms with Gasteiger partial charge in [0.05, 0.1) is 9.95 Å². The van der Waals surface area contributed by atoms with Gasteiger partial charge in [0.25, 0.3) is 5.69 Å². The van der Waals surface area contributed by atoms with E-state index in [9.17, 15) is 23.3 Å². The molecule has 0 saturated carbocycles. The Balaban J connectivity index is 1.55. The lowest BCUT2D eigenvalue weighted by Gasteiger charge is -2.34. The predicted octanol–water partition coefficient (Wildman–Crippen LogP) is 5.19. The zero-order valence-electron chi connectivity index (χ0n) is 14.5. The molecule has 0 N–H and O–H groups in total. The quantitative estimate of drug-likeness (QED) is 0.495. The number of ether oxygens (including phenoxy) is 2. The maximum atomic E-state index is 12.2. The Hall–Kier alpha value is -2.68. The lowest BCUT2D eigenvalue weighted by molar-refractivity contribution is -0.384. The second kappa shape index (κ2) is 8.14. The van der Waals surface area contributed by atoms with Crippen LogP contribution in [0.2, 0.25) is 5.02 Å². The number of hydrogen-bond acceptors (Lipinski definition) is 5. The van der Waals surface area contributed by atoms with Crippen molar-refractivity contribution in [2.24, 2.45) is 0 Å². The summed E-state index contributed by atoms with van der Waals surface area (Å²) >= 11 is 6.05. The molecular formula is C18H16ClF3N2O4. The average molecular weight is 417 g/mol. The number of non-ortho nitro benzene ring substituents is 1. The Morgan fingerprint density at radius 1 is 1.11 bits per heavy atom. The zero-order chi connectivity index (χ0) is 20.3. The van der Waals surface area contributed by atoms with E-state index in [2.05, 4.69) is 4.74 Å². The molecule has 1 aliphatic heterocycles. The Morgan fingerprint density at radius 2 is 1.75 bits per heavy atom. The second-order valence-electron chi connectivity index (χ2n) is 6.22. The maximum absolute atomic E-state index is 12.2. The van der Waals surface area contributed by atoms with Gasteiger partial charge in [0.15, 0.2) is 0 Å². The van der Waals surface area contributed by atoms with Gasteiger partial charge < -0.3 is 14.4 Å². The fourth-order valence-corrected chi connectivity index (χ4v) is 3.19. The molecule has 3 rings (SSSR count). The smallest absolute Gasteiger partial charge is 0.489 e. The summed E-state index contributed by atoms with van der Waals surface area (Å²) in [6.07, 6.45) is -3.47. The SMILES string of the molecule is O=[N+]([O-])c1ccc(OC2CCN(c3ccc(OC(F)(F)F)cc3)CC2)c(Cl)c1. The highest BCUT2D eigenvalue weighted by Crippen LogP contribution is 2.32. The molecule has 0 amide bonds. The lowest BCUT2D eigenvalue weighted by Crippen LogP contribution is -2.38. The molecule has 6 nitrogen and oxygen atoms in total. The van der Waals surface area contributed by atoms with Crippen LogP contribution in [0.25, 0.3) is 0 Å². The summed E-state index contributed by atoms with van der Waals surface area (Å²) in [6.45, 7) is 1.30. The number of nitrogens with zero attached hydrogens (tertiary/aromatic N) is 2. The Kier molecular flexibility index (Phi) is 5.83. The number of benzene rings is 2. The van der Waals surface area contributed by atoms with Gasteiger partial charge in [-0.15, -0.1) is 13.2 Å². The van der Waals surface area contributed by atoms with Crippen molar-refractivity contribution in [3.8, 4) is 11.5 Å². The topological polar surface area (TPSA) is 64.8 Å². The highest BCUT2D eigenvalue weighted by Gasteiger charge is 2.31. The molecule has 0 aliphatic carbocycles. The minimum atomic E-state index is -4.71. The minimum Gasteiger partial charge on any atom is -0.489 e. The minimum absolute atomic E-state index is 0.106. The van der Waals surface area contributed by atoms with Crippen LogP contribution in [-0.2, 0) is 0 Å². The number of hydrogen-bond donors (Lipinski definition) is 0. The number of piperidine rings is 1. The van der Waals surface area contributed by atoms with Gasteiger partial charge in [0, 0.05) is 43.8 Å². The van der Waals surface area contributed by atoms with Gasteiger partial charge in [-0.05, 0) is 30.3 Å². The molecule has 0 radical (unpaired) electrons. The van der Waals surface area contributed by atoms with Crippen LogP contribution in [-0.4, -0.2) is 30.5 Å². The molecule has 0 bridgehead atoms. The first-order chi connectivity index (χ1) is 13.2. The van der Waals surface area contributed by atoms with Crippen LogP contribution >= 0.6 is 11.6 Å². The van der Waals surface area contributed by atoms with Crippen molar-refractivity contribution in [3.05, 3.63) is 57.6 Å². The van der Waals surface area contributed by atoms with E-state index in [4.69, 9.17) is 16.3 Å². The Morgan fingerprint density at radius 3 is 2.29 bits per heavy atom. The van der Waals surface area contributed by atoms with Gasteiger partial charge in [0.1, 0.15) is 17.6 Å². The van der Waals surface area contributed by atoms with Crippen molar-refractivity contribution >= 4 is 23.0 Å². The summed E-state index contributed by atoms with van der Waals surface area (Å²) in [4.78, 5) is 12.3. The van der Waals surface area contributed by atoms with Crippen LogP contribution in [0, 0.1) is 10.1 Å². The van der Waals surface area contributed by atoms with Crippen LogP contribution in [0.4, 0.5) is 24.5 Å². The van der Waals surface area contributed by atoms with E-state index in [0.29, 0.717) is 31.7 Å². The average Bonchev–Trinajstić information content (AvgIpc) is 2.63. The van der Waals surface area contributed by atoms with Crippen LogP contribution in [0.1, 0.15) is 12.8 Å². The maximum Gasteiger partial charge on any atom is 0.573 e. The molecule has 150 valence electrons. The first kappa shape index (κ1) is 20.1. The predicted molar refractivity (Wildman–Crippen MR) is 97.1 cm³/mol. The van der Waals surface area contributed by atoms with E-state index in [0.717, 1.165) is 5.69 Å². The molecule has 2 aromatic rings. The first-order valence-corrected chi connectivity index (χ1v) is 8.80. The van der Waals surface area contributed by atoms with E-state index in [1.54, 1.807) is 12.1 Å². The van der Waals surface area contributed by atoms with Crippen molar-refractivity contribution in [2.75, 3.05) is 18.0 Å². The lowest BCUT2D eigenvalue weighted by atomic mass is 10.1. The number of alkyl halides is 3. The highest BCUT2D eigenvalue weighted by molar-refractivity contribution is 6.32. The first-order valence-electron chi connectivity index (χ1n) is 8.42. The summed E-state index contributed by atoms with van der Waals surface area (Å²) in [5, 5.41) is 10.9. The molecule has 0 unspecified atom stereocenters. The van der Waals surface area contributed by atoms with Crippen LogP contribution in [0.5, 0.6) is 11.5 Å². The van der Waals surface area contributed by atoms with E-state index < -0.39 is 11.3 Å². The third-order valence-electron chi connectivity index (χ3n) is 4.30. The van der Waals surface area contributed by atoms with E-state index in [1.165, 1.54) is 30.3 Å². The molecule has 0 spiro atoms. The molecule has 0 aromatic heterocycles. The monoisotopic (exact) mass is 416 g/mol. The normalized spacial score (nSPS) is 15.4. The van der Waals surface area contributed by atoms with Gasteiger partial charge in [-0.1, -0.05) is 11.6 Å². The van der Waals surface area contributed by atoms with Crippen molar-refractivity contribution in [3.63, 3.8) is 0 Å². The summed E-state index contributed by atoms with van der Waals surface area (Å²) in [5.74, 6) is 0.127. The molecule has 2 aromatic carbocycles.